The minimum Gasteiger partial charge on any atom is 0 e. The summed E-state index contributed by atoms with van der Waals surface area (Å²) in [6, 6.07) is 0. The van der Waals surface area contributed by atoms with Gasteiger partial charge in [-0.05, 0) is 0 Å². The van der Waals surface area contributed by atoms with Crippen LogP contribution in [-0.4, -0.2) is 44.4 Å². The van der Waals surface area contributed by atoms with Crippen molar-refractivity contribution in [2.75, 3.05) is 0 Å². The van der Waals surface area contributed by atoms with E-state index in [1.807, 2.05) is 0 Å². The molecule has 0 aromatic carbocycles. The zero-order valence-corrected chi connectivity index (χ0v) is 11.1. The topological polar surface area (TPSA) is 0 Å². The zero-order valence-electron chi connectivity index (χ0n) is 1.63. The molecule has 0 N–H and O–H groups in total. The van der Waals surface area contributed by atoms with Gasteiger partial charge in [0, 0.05) is 66.7 Å². The van der Waals surface area contributed by atoms with E-state index in [-0.39, 0.29) is 83.8 Å². The predicted molar refractivity (Wildman–Crippen MR) is 12.9 cm³/mol. The smallest absolute Gasteiger partial charge is 0 e. The second-order valence-electron chi connectivity index (χ2n) is 0. The SMILES string of the molecule is [Au].[Cu].[SeH].[Tl]. The third-order valence-electron chi connectivity index (χ3n) is 0. The molecule has 0 rings (SSSR count). The van der Waals surface area contributed by atoms with Crippen LogP contribution in [0.25, 0.3) is 0 Å². The van der Waals surface area contributed by atoms with Crippen LogP contribution in [0.2, 0.25) is 0 Å². The van der Waals surface area contributed by atoms with E-state index in [1.165, 1.54) is 0 Å². The van der Waals surface area contributed by atoms with Gasteiger partial charge in [-0.2, -0.15) is 0 Å². The molecule has 0 aromatic heterocycles. The zero-order chi connectivity index (χ0) is 0. The van der Waals surface area contributed by atoms with Crippen molar-refractivity contribution in [1.29, 1.82) is 0 Å². The van der Waals surface area contributed by atoms with E-state index < -0.39 is 0 Å². The maximum atomic E-state index is 0. The molecule has 0 saturated heterocycles. The van der Waals surface area contributed by atoms with Crippen LogP contribution in [-0.2, 0) is 39.4 Å². The Hall–Kier alpha value is 2.70. The first kappa shape index (κ1) is 29.9. The van der Waals surface area contributed by atoms with Gasteiger partial charge in [0.1, 0.15) is 0 Å². The molecule has 0 bridgehead atoms. The van der Waals surface area contributed by atoms with E-state index in [0.717, 1.165) is 0 Å². The Balaban J connectivity index is 0. The Labute approximate surface area is 82.5 Å². The minimum atomic E-state index is 0. The third-order valence-corrected chi connectivity index (χ3v) is 0. The van der Waals surface area contributed by atoms with Crippen molar-refractivity contribution in [3.63, 3.8) is 0 Å². The van der Waals surface area contributed by atoms with Crippen molar-refractivity contribution in [2.24, 2.45) is 0 Å². The minimum absolute atomic E-state index is 0. The quantitative estimate of drug-likeness (QED) is 0.342. The molecule has 0 nitrogen and oxygen atoms in total. The van der Waals surface area contributed by atoms with Crippen molar-refractivity contribution >= 4 is 44.4 Å². The fourth-order valence-corrected chi connectivity index (χ4v) is 0. The van der Waals surface area contributed by atoms with Crippen molar-refractivity contribution in [1.82, 2.24) is 0 Å². The molecule has 0 amide bonds. The summed E-state index contributed by atoms with van der Waals surface area (Å²) in [5, 5.41) is 0. The molecule has 0 saturated carbocycles. The normalized spacial score (nSPS) is 0. The summed E-state index contributed by atoms with van der Waals surface area (Å²) in [5.74, 6) is 0. The number of rotatable bonds is 0. The van der Waals surface area contributed by atoms with Gasteiger partial charge in [-0.1, -0.05) is 0 Å². The van der Waals surface area contributed by atoms with Crippen molar-refractivity contribution in [3.8, 4) is 0 Å². The molecular weight excluding hydrogens is 544 g/mol. The summed E-state index contributed by atoms with van der Waals surface area (Å²) in [6.45, 7) is 0. The fourth-order valence-electron chi connectivity index (χ4n) is 0. The summed E-state index contributed by atoms with van der Waals surface area (Å²) < 4.78 is 0. The van der Waals surface area contributed by atoms with Gasteiger partial charge in [-0.3, -0.25) is 0 Å². The summed E-state index contributed by atoms with van der Waals surface area (Å²) in [5.41, 5.74) is 0. The first-order valence-corrected chi connectivity index (χ1v) is 0. The largest absolute Gasteiger partial charge is 0 e. The average Bonchev–Trinajstić information content (AvgIpc) is 0. The molecule has 0 unspecified atom stereocenters. The molecule has 4 heteroatoms. The van der Waals surface area contributed by atoms with Crippen molar-refractivity contribution < 1.29 is 39.4 Å². The maximum absolute atomic E-state index is 0. The van der Waals surface area contributed by atoms with Crippen LogP contribution in [0.1, 0.15) is 0 Å². The number of hydrogen-bond donors (Lipinski definition) is 0. The van der Waals surface area contributed by atoms with Gasteiger partial charge < -0.3 is 0 Å². The van der Waals surface area contributed by atoms with E-state index in [9.17, 15) is 0 Å². The Kier molecular flexibility index (Phi) is 129. The Morgan fingerprint density at radius 3 is 1.00 bits per heavy atom. The summed E-state index contributed by atoms with van der Waals surface area (Å²) >= 11 is 0. The van der Waals surface area contributed by atoms with Crippen LogP contribution in [0.3, 0.4) is 0 Å². The molecule has 0 aromatic rings. The predicted octanol–water partition coefficient (Wildman–Crippen LogP) is -1.03. The van der Waals surface area contributed by atoms with Crippen molar-refractivity contribution in [2.45, 2.75) is 0 Å². The van der Waals surface area contributed by atoms with Gasteiger partial charge in [0.25, 0.3) is 0 Å². The van der Waals surface area contributed by atoms with Gasteiger partial charge in [-0.25, -0.2) is 0 Å². The first-order chi connectivity index (χ1) is 0. The van der Waals surface area contributed by atoms with Crippen LogP contribution in [0.4, 0.5) is 0 Å². The number of hydrogen-bond acceptors (Lipinski definition) is 0. The molecule has 0 aliphatic heterocycles. The molecule has 0 aliphatic rings. The Morgan fingerprint density at radius 1 is 1.00 bits per heavy atom. The second-order valence-corrected chi connectivity index (χ2v) is 0. The van der Waals surface area contributed by atoms with Crippen LogP contribution in [0.5, 0.6) is 0 Å². The van der Waals surface area contributed by atoms with Crippen LogP contribution >= 0.6 is 0 Å². The van der Waals surface area contributed by atoms with Gasteiger partial charge in [0.2, 0.25) is 0 Å². The standard InChI is InChI=1S/Au.Cu.HSe.Tl/h;;1H;. The maximum Gasteiger partial charge on any atom is 0 e. The summed E-state index contributed by atoms with van der Waals surface area (Å²) in [6.07, 6.45) is 0. The van der Waals surface area contributed by atoms with E-state index in [1.54, 1.807) is 0 Å². The molecular formula is HAuCuSeTl. The molecule has 0 aliphatic carbocycles. The fraction of sp³-hybridized carbons (Fsp3) is 0. The third kappa shape index (κ3) is 8.83. The molecule has 32 valence electrons. The van der Waals surface area contributed by atoms with Crippen molar-refractivity contribution in [3.05, 3.63) is 0 Å². The van der Waals surface area contributed by atoms with Crippen LogP contribution < -0.4 is 0 Å². The molecule has 4 radical (unpaired) electrons. The molecule has 0 fully saturated rings. The Bertz CT molecular complexity index is 8.00. The van der Waals surface area contributed by atoms with Gasteiger partial charge in [0.05, 0.1) is 0 Å². The molecule has 0 heterocycles. The summed E-state index contributed by atoms with van der Waals surface area (Å²) in [4.78, 5) is 0. The van der Waals surface area contributed by atoms with Gasteiger partial charge in [-0.15, -0.1) is 0 Å². The Morgan fingerprint density at radius 2 is 1.00 bits per heavy atom. The monoisotopic (exact) mass is 546 g/mol. The van der Waals surface area contributed by atoms with Crippen LogP contribution in [0, 0.1) is 0 Å². The molecule has 0 atom stereocenters. The second kappa shape index (κ2) is 17.3. The van der Waals surface area contributed by atoms with Crippen LogP contribution in [0.15, 0.2) is 0 Å². The van der Waals surface area contributed by atoms with E-state index in [2.05, 4.69) is 0 Å². The molecule has 0 spiro atoms. The first-order valence-electron chi connectivity index (χ1n) is 0. The van der Waals surface area contributed by atoms with Gasteiger partial charge >= 0.3 is 17.1 Å². The molecule has 4 heavy (non-hydrogen) atoms. The van der Waals surface area contributed by atoms with E-state index >= 15 is 0 Å². The summed E-state index contributed by atoms with van der Waals surface area (Å²) in [7, 11) is 0. The van der Waals surface area contributed by atoms with E-state index in [4.69, 9.17) is 0 Å². The van der Waals surface area contributed by atoms with E-state index in [0.29, 0.717) is 0 Å². The average molecular weight is 545 g/mol. The van der Waals surface area contributed by atoms with Gasteiger partial charge in [0.15, 0.2) is 0 Å².